The molecule has 2 bridgehead atoms. The van der Waals surface area contributed by atoms with Crippen LogP contribution in [0, 0.1) is 6.92 Å². The van der Waals surface area contributed by atoms with E-state index in [0.717, 1.165) is 37.5 Å². The van der Waals surface area contributed by atoms with Gasteiger partial charge in [0, 0.05) is 12.8 Å². The molecule has 2 atom stereocenters. The molecule has 3 heterocycles. The zero-order valence-corrected chi connectivity index (χ0v) is 23.3. The summed E-state index contributed by atoms with van der Waals surface area (Å²) in [4.78, 5) is 22.2. The van der Waals surface area contributed by atoms with Crippen LogP contribution in [-0.2, 0) is 19.3 Å². The van der Waals surface area contributed by atoms with Gasteiger partial charge in [-0.15, -0.1) is 0 Å². The van der Waals surface area contributed by atoms with Gasteiger partial charge in [0.25, 0.3) is 9.84 Å². The van der Waals surface area contributed by atoms with E-state index in [1.807, 2.05) is 6.92 Å². The number of nitrogens with one attached hydrogen (secondary N) is 1. The van der Waals surface area contributed by atoms with Crippen LogP contribution in [0.5, 0.6) is 5.88 Å². The molecule has 1 saturated carbocycles. The highest BCUT2D eigenvalue weighted by molar-refractivity contribution is 7.92. The third kappa shape index (κ3) is 5.53. The summed E-state index contributed by atoms with van der Waals surface area (Å²) in [5.74, 6) is 0.559. The SMILES string of the molecule is Cc1c(Nc2ccc(S(=O)(=O)C(F)(F)F)cc2Cl)ncnc1OC1CC2COCC(C1)N2C(=O)OC1(C)CCC1. The highest BCUT2D eigenvalue weighted by Crippen LogP contribution is 2.39. The highest BCUT2D eigenvalue weighted by atomic mass is 35.5. The first kappa shape index (κ1) is 28.7. The Morgan fingerprint density at radius 2 is 1.88 bits per heavy atom. The largest absolute Gasteiger partial charge is 0.501 e. The number of carbonyl (C=O) groups excluding carboxylic acids is 1. The van der Waals surface area contributed by atoms with Gasteiger partial charge in [-0.3, -0.25) is 4.90 Å². The molecule has 2 aliphatic heterocycles. The summed E-state index contributed by atoms with van der Waals surface area (Å²) in [5, 5.41) is 2.66. The lowest BCUT2D eigenvalue weighted by Crippen LogP contribution is -2.62. The predicted molar refractivity (Wildman–Crippen MR) is 137 cm³/mol. The first-order valence-electron chi connectivity index (χ1n) is 12.7. The number of benzene rings is 1. The molecule has 1 aliphatic carbocycles. The minimum absolute atomic E-state index is 0.147. The summed E-state index contributed by atoms with van der Waals surface area (Å²) < 4.78 is 79.8. The molecule has 1 aromatic carbocycles. The Bertz CT molecular complexity index is 1390. The van der Waals surface area contributed by atoms with Gasteiger partial charge in [0.05, 0.1) is 46.5 Å². The molecule has 0 radical (unpaired) electrons. The van der Waals surface area contributed by atoms with Crippen LogP contribution in [-0.4, -0.2) is 71.9 Å². The molecule has 15 heteroatoms. The number of halogens is 4. The lowest BCUT2D eigenvalue weighted by Gasteiger charge is -2.49. The van der Waals surface area contributed by atoms with E-state index < -0.39 is 25.8 Å². The van der Waals surface area contributed by atoms with E-state index in [1.54, 1.807) is 11.8 Å². The molecule has 40 heavy (non-hydrogen) atoms. The number of piperidine rings is 1. The monoisotopic (exact) mass is 604 g/mol. The fraction of sp³-hybridized carbons (Fsp3) is 0.560. The normalized spacial score (nSPS) is 24.1. The smallest absolute Gasteiger partial charge is 0.474 e. The van der Waals surface area contributed by atoms with E-state index >= 15 is 0 Å². The summed E-state index contributed by atoms with van der Waals surface area (Å²) in [6.07, 6.45) is 4.45. The number of carbonyl (C=O) groups is 1. The zero-order chi connectivity index (χ0) is 28.9. The van der Waals surface area contributed by atoms with Gasteiger partial charge in [0.2, 0.25) is 5.88 Å². The van der Waals surface area contributed by atoms with Gasteiger partial charge < -0.3 is 19.5 Å². The van der Waals surface area contributed by atoms with Crippen LogP contribution >= 0.6 is 11.6 Å². The van der Waals surface area contributed by atoms with Crippen molar-refractivity contribution in [3.05, 3.63) is 35.1 Å². The van der Waals surface area contributed by atoms with Gasteiger partial charge in [0.1, 0.15) is 23.9 Å². The minimum Gasteiger partial charge on any atom is -0.474 e. The molecule has 1 amide bonds. The minimum atomic E-state index is -5.54. The lowest BCUT2D eigenvalue weighted by atomic mass is 9.82. The predicted octanol–water partition coefficient (Wildman–Crippen LogP) is 5.17. The highest BCUT2D eigenvalue weighted by Gasteiger charge is 2.48. The third-order valence-electron chi connectivity index (χ3n) is 7.56. The van der Waals surface area contributed by atoms with Gasteiger partial charge in [-0.2, -0.15) is 13.2 Å². The second-order valence-electron chi connectivity index (χ2n) is 10.5. The van der Waals surface area contributed by atoms with Crippen LogP contribution in [0.15, 0.2) is 29.4 Å². The Balaban J connectivity index is 1.28. The molecule has 218 valence electrons. The van der Waals surface area contributed by atoms with Crippen molar-refractivity contribution < 1.29 is 40.6 Å². The van der Waals surface area contributed by atoms with Crippen LogP contribution < -0.4 is 10.1 Å². The summed E-state index contributed by atoms with van der Waals surface area (Å²) in [5.41, 5.74) is -5.20. The quantitative estimate of drug-likeness (QED) is 0.476. The molecule has 3 aliphatic rings. The Hall–Kier alpha value is -2.84. The topological polar surface area (TPSA) is 120 Å². The average molecular weight is 605 g/mol. The number of hydrogen-bond donors (Lipinski definition) is 1. The van der Waals surface area contributed by atoms with Crippen molar-refractivity contribution in [2.75, 3.05) is 18.5 Å². The van der Waals surface area contributed by atoms with Crippen molar-refractivity contribution in [3.63, 3.8) is 0 Å². The van der Waals surface area contributed by atoms with Crippen molar-refractivity contribution in [3.8, 4) is 5.88 Å². The van der Waals surface area contributed by atoms with E-state index in [2.05, 4.69) is 15.3 Å². The summed E-state index contributed by atoms with van der Waals surface area (Å²) in [6.45, 7) is 4.39. The van der Waals surface area contributed by atoms with Crippen molar-refractivity contribution in [1.82, 2.24) is 14.9 Å². The van der Waals surface area contributed by atoms with Gasteiger partial charge in [0.15, 0.2) is 0 Å². The maximum Gasteiger partial charge on any atom is 0.501 e. The van der Waals surface area contributed by atoms with E-state index in [1.165, 1.54) is 6.33 Å². The number of fused-ring (bicyclic) bond motifs is 2. The summed E-state index contributed by atoms with van der Waals surface area (Å²) >= 11 is 6.11. The summed E-state index contributed by atoms with van der Waals surface area (Å²) in [7, 11) is -5.54. The molecule has 2 saturated heterocycles. The van der Waals surface area contributed by atoms with Crippen molar-refractivity contribution in [2.24, 2.45) is 0 Å². The van der Waals surface area contributed by atoms with Crippen LogP contribution in [0.4, 0.5) is 29.5 Å². The number of nitrogens with zero attached hydrogens (tertiary/aromatic N) is 3. The fourth-order valence-electron chi connectivity index (χ4n) is 5.16. The molecule has 0 spiro atoms. The molecular formula is C25H28ClF3N4O6S. The van der Waals surface area contributed by atoms with Crippen LogP contribution in [0.2, 0.25) is 5.02 Å². The second kappa shape index (κ2) is 10.5. The van der Waals surface area contributed by atoms with E-state index in [4.69, 9.17) is 25.8 Å². The number of sulfone groups is 1. The van der Waals surface area contributed by atoms with Crippen LogP contribution in [0.3, 0.4) is 0 Å². The molecule has 2 unspecified atom stereocenters. The first-order chi connectivity index (χ1) is 18.8. The van der Waals surface area contributed by atoms with Gasteiger partial charge >= 0.3 is 11.6 Å². The number of alkyl halides is 3. The molecule has 3 fully saturated rings. The number of amides is 1. The number of anilines is 2. The maximum absolute atomic E-state index is 13.0. The van der Waals surface area contributed by atoms with Crippen molar-refractivity contribution in [2.45, 2.75) is 80.1 Å². The maximum atomic E-state index is 13.0. The Labute approximate surface area is 234 Å². The Kier molecular flexibility index (Phi) is 7.55. The number of hydrogen-bond acceptors (Lipinski definition) is 9. The van der Waals surface area contributed by atoms with Crippen molar-refractivity contribution in [1.29, 1.82) is 0 Å². The first-order valence-corrected chi connectivity index (χ1v) is 14.6. The molecule has 5 rings (SSSR count). The fourth-order valence-corrected chi connectivity index (χ4v) is 6.24. The average Bonchev–Trinajstić information content (AvgIpc) is 2.85. The number of aromatic nitrogens is 2. The van der Waals surface area contributed by atoms with Crippen LogP contribution in [0.25, 0.3) is 0 Å². The van der Waals surface area contributed by atoms with Crippen LogP contribution in [0.1, 0.15) is 44.6 Å². The van der Waals surface area contributed by atoms with Gasteiger partial charge in [-0.25, -0.2) is 23.2 Å². The van der Waals surface area contributed by atoms with Gasteiger partial charge in [-0.05, 0) is 51.3 Å². The number of rotatable bonds is 6. The zero-order valence-electron chi connectivity index (χ0n) is 21.7. The summed E-state index contributed by atoms with van der Waals surface area (Å²) in [6, 6.07) is 2.25. The molecule has 1 N–H and O–H groups in total. The molecule has 2 aromatic rings. The Morgan fingerprint density at radius 3 is 2.45 bits per heavy atom. The Morgan fingerprint density at radius 1 is 1.20 bits per heavy atom. The van der Waals surface area contributed by atoms with Gasteiger partial charge in [-0.1, -0.05) is 11.6 Å². The van der Waals surface area contributed by atoms with Crippen molar-refractivity contribution >= 4 is 39.0 Å². The molecule has 1 aromatic heterocycles. The number of morpholine rings is 1. The van der Waals surface area contributed by atoms with E-state index in [0.29, 0.717) is 31.6 Å². The molecular weight excluding hydrogens is 577 g/mol. The van der Waals surface area contributed by atoms with E-state index in [-0.39, 0.29) is 46.7 Å². The standard InChI is InChI=1S/C25H28ClF3N4O6S/c1-14-21(32-20-5-4-18(10-19(20)26)40(35,36)25(27,28)29)30-13-31-22(14)38-17-8-15-11-37-12-16(9-17)33(15)23(34)39-24(2)6-3-7-24/h4-5,10,13,15-17H,3,6-9,11-12H2,1-2H3,(H,30,31,32). The third-order valence-corrected chi connectivity index (χ3v) is 9.35. The second-order valence-corrected chi connectivity index (χ2v) is 12.9. The van der Waals surface area contributed by atoms with E-state index in [9.17, 15) is 26.4 Å². The lowest BCUT2D eigenvalue weighted by molar-refractivity contribution is -0.114. The molecule has 10 nitrogen and oxygen atoms in total. The number of ether oxygens (including phenoxy) is 3.